The van der Waals surface area contributed by atoms with Gasteiger partial charge in [0, 0.05) is 12.0 Å². The maximum absolute atomic E-state index is 11.9. The van der Waals surface area contributed by atoms with Crippen LogP contribution in [0.2, 0.25) is 0 Å². The lowest BCUT2D eigenvalue weighted by molar-refractivity contribution is -0.130. The third-order valence-electron chi connectivity index (χ3n) is 2.97. The van der Waals surface area contributed by atoms with E-state index in [9.17, 15) is 14.4 Å². The van der Waals surface area contributed by atoms with Crippen molar-refractivity contribution < 1.29 is 14.4 Å². The van der Waals surface area contributed by atoms with Crippen molar-refractivity contribution in [2.24, 2.45) is 5.73 Å². The third kappa shape index (κ3) is 2.17. The van der Waals surface area contributed by atoms with Crippen molar-refractivity contribution in [3.63, 3.8) is 0 Å². The van der Waals surface area contributed by atoms with Crippen LogP contribution in [0, 0.1) is 0 Å². The van der Waals surface area contributed by atoms with Gasteiger partial charge in [-0.15, -0.1) is 0 Å². The number of anilines is 1. The molecular weight excluding hydrogens is 232 g/mol. The molecule has 0 saturated carbocycles. The molecule has 94 valence electrons. The summed E-state index contributed by atoms with van der Waals surface area (Å²) in [6.07, 6.45) is 0.623. The Balaban J connectivity index is 2.40. The van der Waals surface area contributed by atoms with E-state index in [1.54, 1.807) is 18.2 Å². The number of nitrogens with two attached hydrogens (primary N) is 1. The highest BCUT2D eigenvalue weighted by molar-refractivity contribution is 6.18. The average Bonchev–Trinajstić information content (AvgIpc) is 2.35. The van der Waals surface area contributed by atoms with E-state index in [2.05, 4.69) is 0 Å². The van der Waals surface area contributed by atoms with Crippen molar-refractivity contribution in [3.8, 4) is 0 Å². The number of carbonyl (C=O) groups is 3. The first-order valence-corrected chi connectivity index (χ1v) is 5.74. The van der Waals surface area contributed by atoms with E-state index in [0.29, 0.717) is 17.7 Å². The van der Waals surface area contributed by atoms with E-state index < -0.39 is 11.9 Å². The molecule has 1 saturated heterocycles. The first-order chi connectivity index (χ1) is 8.50. The summed E-state index contributed by atoms with van der Waals surface area (Å²) in [5, 5.41) is 0. The molecule has 1 aromatic carbocycles. The Morgan fingerprint density at radius 3 is 2.78 bits per heavy atom. The number of benzene rings is 1. The van der Waals surface area contributed by atoms with E-state index in [1.807, 2.05) is 0 Å². The summed E-state index contributed by atoms with van der Waals surface area (Å²) in [7, 11) is 0. The van der Waals surface area contributed by atoms with Gasteiger partial charge in [0.15, 0.2) is 5.78 Å². The summed E-state index contributed by atoms with van der Waals surface area (Å²) >= 11 is 0. The Hall–Kier alpha value is -2.01. The van der Waals surface area contributed by atoms with Gasteiger partial charge in [0.05, 0.1) is 11.7 Å². The van der Waals surface area contributed by atoms with E-state index in [1.165, 1.54) is 13.0 Å². The van der Waals surface area contributed by atoms with Gasteiger partial charge >= 0.3 is 0 Å². The summed E-state index contributed by atoms with van der Waals surface area (Å²) in [5.41, 5.74) is 6.53. The quantitative estimate of drug-likeness (QED) is 0.620. The van der Waals surface area contributed by atoms with Gasteiger partial charge in [0.25, 0.3) is 5.91 Å². The molecule has 2 amide bonds. The molecule has 2 rings (SSSR count). The monoisotopic (exact) mass is 246 g/mol. The number of hydrogen-bond donors (Lipinski definition) is 1. The zero-order chi connectivity index (χ0) is 13.3. The van der Waals surface area contributed by atoms with Gasteiger partial charge in [-0.1, -0.05) is 12.1 Å². The zero-order valence-corrected chi connectivity index (χ0v) is 10.1. The number of amides is 2. The molecule has 0 aliphatic carbocycles. The Labute approximate surface area is 105 Å². The van der Waals surface area contributed by atoms with Gasteiger partial charge in [0.1, 0.15) is 0 Å². The van der Waals surface area contributed by atoms with Crippen molar-refractivity contribution in [1.29, 1.82) is 0 Å². The van der Waals surface area contributed by atoms with Crippen LogP contribution in [0.15, 0.2) is 24.3 Å². The number of rotatable bonds is 2. The molecule has 18 heavy (non-hydrogen) atoms. The van der Waals surface area contributed by atoms with E-state index in [0.717, 1.165) is 4.90 Å². The van der Waals surface area contributed by atoms with Crippen LogP contribution in [-0.2, 0) is 9.59 Å². The molecule has 5 heteroatoms. The summed E-state index contributed by atoms with van der Waals surface area (Å²) < 4.78 is 0. The SMILES string of the molecule is CC(=O)c1cccc(N2C(=O)CC[C@H](N)C2=O)c1. The van der Waals surface area contributed by atoms with E-state index >= 15 is 0 Å². The number of hydrogen-bond acceptors (Lipinski definition) is 4. The Kier molecular flexibility index (Phi) is 3.25. The number of carbonyl (C=O) groups excluding carboxylic acids is 3. The van der Waals surface area contributed by atoms with Gasteiger partial charge in [-0.3, -0.25) is 14.4 Å². The molecule has 1 aliphatic heterocycles. The predicted octanol–water partition coefficient (Wildman–Crippen LogP) is 0.870. The molecule has 1 fully saturated rings. The van der Waals surface area contributed by atoms with Crippen LogP contribution in [0.1, 0.15) is 30.1 Å². The van der Waals surface area contributed by atoms with Crippen molar-refractivity contribution in [1.82, 2.24) is 0 Å². The zero-order valence-electron chi connectivity index (χ0n) is 10.1. The molecule has 0 spiro atoms. The second kappa shape index (κ2) is 4.70. The molecule has 1 atom stereocenters. The highest BCUT2D eigenvalue weighted by Crippen LogP contribution is 2.22. The molecule has 1 heterocycles. The fourth-order valence-electron chi connectivity index (χ4n) is 1.94. The van der Waals surface area contributed by atoms with Gasteiger partial charge in [-0.05, 0) is 25.5 Å². The lowest BCUT2D eigenvalue weighted by Crippen LogP contribution is -2.51. The van der Waals surface area contributed by atoms with Crippen LogP contribution in [0.3, 0.4) is 0 Å². The van der Waals surface area contributed by atoms with Crippen LogP contribution in [0.25, 0.3) is 0 Å². The van der Waals surface area contributed by atoms with Crippen LogP contribution in [-0.4, -0.2) is 23.6 Å². The minimum absolute atomic E-state index is 0.113. The summed E-state index contributed by atoms with van der Waals surface area (Å²) in [6.45, 7) is 1.44. The van der Waals surface area contributed by atoms with Crippen molar-refractivity contribution in [3.05, 3.63) is 29.8 Å². The summed E-state index contributed by atoms with van der Waals surface area (Å²) in [5.74, 6) is -0.799. The van der Waals surface area contributed by atoms with E-state index in [-0.39, 0.29) is 18.1 Å². The number of Topliss-reactive ketones (excluding diaryl/α,β-unsaturated/α-hetero) is 1. The third-order valence-corrected chi connectivity index (χ3v) is 2.97. The Morgan fingerprint density at radius 2 is 2.11 bits per heavy atom. The second-order valence-corrected chi connectivity index (χ2v) is 4.32. The fraction of sp³-hybridized carbons (Fsp3) is 0.308. The minimum Gasteiger partial charge on any atom is -0.320 e. The lowest BCUT2D eigenvalue weighted by atomic mass is 10.0. The molecular formula is C13H14N2O3. The van der Waals surface area contributed by atoms with Crippen molar-refractivity contribution >= 4 is 23.3 Å². The number of nitrogens with zero attached hydrogens (tertiary/aromatic N) is 1. The van der Waals surface area contributed by atoms with Gasteiger partial charge in [-0.2, -0.15) is 0 Å². The molecule has 1 aromatic rings. The maximum atomic E-state index is 11.9. The number of ketones is 1. The maximum Gasteiger partial charge on any atom is 0.250 e. The normalized spacial score (nSPS) is 20.1. The first kappa shape index (κ1) is 12.4. The predicted molar refractivity (Wildman–Crippen MR) is 66.1 cm³/mol. The minimum atomic E-state index is -0.649. The molecule has 0 radical (unpaired) electrons. The highest BCUT2D eigenvalue weighted by atomic mass is 16.2. The molecule has 2 N–H and O–H groups in total. The van der Waals surface area contributed by atoms with Crippen LogP contribution >= 0.6 is 0 Å². The topological polar surface area (TPSA) is 80.5 Å². The number of piperidine rings is 1. The van der Waals surface area contributed by atoms with Crippen LogP contribution in [0.5, 0.6) is 0 Å². The molecule has 0 bridgehead atoms. The molecule has 0 aromatic heterocycles. The van der Waals surface area contributed by atoms with Crippen molar-refractivity contribution in [2.45, 2.75) is 25.8 Å². The average molecular weight is 246 g/mol. The largest absolute Gasteiger partial charge is 0.320 e. The van der Waals surface area contributed by atoms with Crippen LogP contribution in [0.4, 0.5) is 5.69 Å². The highest BCUT2D eigenvalue weighted by Gasteiger charge is 2.33. The summed E-state index contributed by atoms with van der Waals surface area (Å²) in [6, 6.07) is 5.80. The second-order valence-electron chi connectivity index (χ2n) is 4.32. The Morgan fingerprint density at radius 1 is 1.39 bits per heavy atom. The van der Waals surface area contributed by atoms with E-state index in [4.69, 9.17) is 5.73 Å². The molecule has 0 unspecified atom stereocenters. The fourth-order valence-corrected chi connectivity index (χ4v) is 1.94. The Bertz CT molecular complexity index is 525. The summed E-state index contributed by atoms with van der Waals surface area (Å²) in [4.78, 5) is 36.1. The van der Waals surface area contributed by atoms with Crippen LogP contribution < -0.4 is 10.6 Å². The first-order valence-electron chi connectivity index (χ1n) is 5.74. The van der Waals surface area contributed by atoms with Gasteiger partial charge in [0.2, 0.25) is 5.91 Å². The molecule has 5 nitrogen and oxygen atoms in total. The molecule has 1 aliphatic rings. The smallest absolute Gasteiger partial charge is 0.250 e. The standard InChI is InChI=1S/C13H14N2O3/c1-8(16)9-3-2-4-10(7-9)15-12(17)6-5-11(14)13(15)18/h2-4,7,11H,5-6,14H2,1H3/t11-/m0/s1. The lowest BCUT2D eigenvalue weighted by Gasteiger charge is -2.28. The number of imide groups is 1. The van der Waals surface area contributed by atoms with Gasteiger partial charge < -0.3 is 5.73 Å². The van der Waals surface area contributed by atoms with Crippen molar-refractivity contribution in [2.75, 3.05) is 4.90 Å². The van der Waals surface area contributed by atoms with Gasteiger partial charge in [-0.25, -0.2) is 4.90 Å².